The maximum atomic E-state index is 13.7. The van der Waals surface area contributed by atoms with Crippen molar-refractivity contribution >= 4 is 29.6 Å². The SMILES string of the molecule is COc1cc(C=NNC(=O)C(NC(=O)c2ccc3c(c2)OCO3)C(C)C)ccc1OCC(=O)Nc1ccccc1F. The van der Waals surface area contributed by atoms with Crippen molar-refractivity contribution in [1.29, 1.82) is 0 Å². The molecule has 0 saturated heterocycles. The lowest BCUT2D eigenvalue weighted by molar-refractivity contribution is -0.124. The zero-order valence-electron chi connectivity index (χ0n) is 22.6. The van der Waals surface area contributed by atoms with Crippen LogP contribution in [0.3, 0.4) is 0 Å². The molecule has 0 aromatic heterocycles. The minimum absolute atomic E-state index is 0.0499. The summed E-state index contributed by atoms with van der Waals surface area (Å²) in [6, 6.07) is 14.5. The molecule has 41 heavy (non-hydrogen) atoms. The summed E-state index contributed by atoms with van der Waals surface area (Å²) in [5.41, 5.74) is 3.39. The second-order valence-electron chi connectivity index (χ2n) is 9.22. The second-order valence-corrected chi connectivity index (χ2v) is 9.22. The summed E-state index contributed by atoms with van der Waals surface area (Å²) in [6.45, 7) is 3.32. The quantitative estimate of drug-likeness (QED) is 0.240. The van der Waals surface area contributed by atoms with Gasteiger partial charge in [0, 0.05) is 5.56 Å². The van der Waals surface area contributed by atoms with E-state index >= 15 is 0 Å². The van der Waals surface area contributed by atoms with E-state index in [1.54, 1.807) is 56.3 Å². The van der Waals surface area contributed by atoms with Crippen LogP contribution in [-0.4, -0.2) is 50.5 Å². The Balaban J connectivity index is 1.32. The summed E-state index contributed by atoms with van der Waals surface area (Å²) in [7, 11) is 1.43. The lowest BCUT2D eigenvalue weighted by atomic mass is 10.0. The van der Waals surface area contributed by atoms with E-state index in [2.05, 4.69) is 21.2 Å². The van der Waals surface area contributed by atoms with Gasteiger partial charge >= 0.3 is 0 Å². The highest BCUT2D eigenvalue weighted by Gasteiger charge is 2.25. The summed E-state index contributed by atoms with van der Waals surface area (Å²) >= 11 is 0. The zero-order chi connectivity index (χ0) is 29.4. The lowest BCUT2D eigenvalue weighted by Gasteiger charge is -2.20. The molecular weight excluding hydrogens is 535 g/mol. The Labute approximate surface area is 235 Å². The molecule has 0 bridgehead atoms. The molecular formula is C29H29FN4O7. The minimum atomic E-state index is -0.856. The van der Waals surface area contributed by atoms with Crippen LogP contribution in [0.5, 0.6) is 23.0 Å². The minimum Gasteiger partial charge on any atom is -0.493 e. The molecule has 1 unspecified atom stereocenters. The van der Waals surface area contributed by atoms with Gasteiger partial charge in [0.15, 0.2) is 29.6 Å². The molecule has 214 valence electrons. The third-order valence-electron chi connectivity index (χ3n) is 5.95. The summed E-state index contributed by atoms with van der Waals surface area (Å²) in [6.07, 6.45) is 1.39. The number of anilines is 1. The molecule has 4 rings (SSSR count). The first-order chi connectivity index (χ1) is 19.7. The molecule has 3 amide bonds. The van der Waals surface area contributed by atoms with Crippen LogP contribution in [-0.2, 0) is 9.59 Å². The third-order valence-corrected chi connectivity index (χ3v) is 5.95. The standard InChI is InChI=1S/C29H29FN4O7/c1-17(2)27(33-28(36)19-9-11-23-25(13-19)41-16-40-23)29(37)34-31-14-18-8-10-22(24(12-18)38-3)39-15-26(35)32-21-7-5-4-6-20(21)30/h4-14,17,27H,15-16H2,1-3H3,(H,32,35)(H,33,36)(H,34,37). The van der Waals surface area contributed by atoms with Crippen molar-refractivity contribution in [2.24, 2.45) is 11.0 Å². The Hall–Kier alpha value is -5.13. The van der Waals surface area contributed by atoms with Gasteiger partial charge < -0.3 is 29.6 Å². The fourth-order valence-corrected chi connectivity index (χ4v) is 3.81. The summed E-state index contributed by atoms with van der Waals surface area (Å²) in [4.78, 5) is 37.7. The Morgan fingerprint density at radius 3 is 2.56 bits per heavy atom. The highest BCUT2D eigenvalue weighted by Crippen LogP contribution is 2.32. The van der Waals surface area contributed by atoms with E-state index in [1.165, 1.54) is 31.5 Å². The van der Waals surface area contributed by atoms with E-state index in [1.807, 2.05) is 0 Å². The predicted molar refractivity (Wildman–Crippen MR) is 148 cm³/mol. The van der Waals surface area contributed by atoms with Crippen molar-refractivity contribution in [1.82, 2.24) is 10.7 Å². The number of ether oxygens (including phenoxy) is 4. The van der Waals surface area contributed by atoms with Crippen LogP contribution in [0, 0.1) is 11.7 Å². The van der Waals surface area contributed by atoms with Gasteiger partial charge in [-0.05, 0) is 60.0 Å². The zero-order valence-corrected chi connectivity index (χ0v) is 22.6. The van der Waals surface area contributed by atoms with Crippen LogP contribution in [0.15, 0.2) is 65.8 Å². The third kappa shape index (κ3) is 7.50. The van der Waals surface area contributed by atoms with Crippen molar-refractivity contribution in [2.45, 2.75) is 19.9 Å². The van der Waals surface area contributed by atoms with Crippen molar-refractivity contribution in [2.75, 3.05) is 25.8 Å². The van der Waals surface area contributed by atoms with Gasteiger partial charge in [-0.2, -0.15) is 5.10 Å². The highest BCUT2D eigenvalue weighted by atomic mass is 19.1. The number of amides is 3. The fraction of sp³-hybridized carbons (Fsp3) is 0.241. The first-order valence-corrected chi connectivity index (χ1v) is 12.6. The molecule has 0 aliphatic carbocycles. The van der Waals surface area contributed by atoms with Crippen LogP contribution in [0.4, 0.5) is 10.1 Å². The van der Waals surface area contributed by atoms with Gasteiger partial charge in [0.25, 0.3) is 17.7 Å². The highest BCUT2D eigenvalue weighted by molar-refractivity contribution is 5.98. The first kappa shape index (κ1) is 28.9. The van der Waals surface area contributed by atoms with Gasteiger partial charge in [0.1, 0.15) is 11.9 Å². The number of carbonyl (C=O) groups is 3. The number of rotatable bonds is 11. The number of hydrazone groups is 1. The molecule has 3 N–H and O–H groups in total. The molecule has 0 saturated carbocycles. The molecule has 1 aliphatic heterocycles. The molecule has 12 heteroatoms. The molecule has 3 aromatic rings. The number of benzene rings is 3. The Morgan fingerprint density at radius 1 is 1.02 bits per heavy atom. The van der Waals surface area contributed by atoms with Crippen molar-refractivity contribution in [3.63, 3.8) is 0 Å². The van der Waals surface area contributed by atoms with Crippen molar-refractivity contribution in [3.8, 4) is 23.0 Å². The second kappa shape index (κ2) is 13.3. The van der Waals surface area contributed by atoms with Gasteiger partial charge in [0.2, 0.25) is 6.79 Å². The van der Waals surface area contributed by atoms with E-state index in [4.69, 9.17) is 18.9 Å². The van der Waals surface area contributed by atoms with Crippen LogP contribution < -0.4 is 35.0 Å². The summed E-state index contributed by atoms with van der Waals surface area (Å²) < 4.78 is 35.2. The number of hydrogen-bond acceptors (Lipinski definition) is 8. The normalized spacial score (nSPS) is 12.6. The van der Waals surface area contributed by atoms with Gasteiger partial charge in [-0.3, -0.25) is 14.4 Å². The van der Waals surface area contributed by atoms with E-state index < -0.39 is 29.6 Å². The fourth-order valence-electron chi connectivity index (χ4n) is 3.81. The topological polar surface area (TPSA) is 137 Å². The average Bonchev–Trinajstić information content (AvgIpc) is 3.44. The number of carbonyl (C=O) groups excluding carboxylic acids is 3. The van der Waals surface area contributed by atoms with Crippen LogP contribution in [0.2, 0.25) is 0 Å². The van der Waals surface area contributed by atoms with Gasteiger partial charge in [-0.1, -0.05) is 26.0 Å². The number of nitrogens with one attached hydrogen (secondary N) is 3. The molecule has 1 atom stereocenters. The molecule has 0 fully saturated rings. The van der Waals surface area contributed by atoms with Crippen molar-refractivity contribution in [3.05, 3.63) is 77.6 Å². The molecule has 1 heterocycles. The molecule has 1 aliphatic rings. The van der Waals surface area contributed by atoms with Crippen molar-refractivity contribution < 1.29 is 37.7 Å². The smallest absolute Gasteiger partial charge is 0.262 e. The number of methoxy groups -OCH3 is 1. The summed E-state index contributed by atoms with van der Waals surface area (Å²) in [5, 5.41) is 9.16. The van der Waals surface area contributed by atoms with Crippen LogP contribution >= 0.6 is 0 Å². The molecule has 11 nitrogen and oxygen atoms in total. The van der Waals surface area contributed by atoms with E-state index in [0.29, 0.717) is 28.4 Å². The largest absolute Gasteiger partial charge is 0.493 e. The van der Waals surface area contributed by atoms with E-state index in [9.17, 15) is 18.8 Å². The molecule has 0 spiro atoms. The number of para-hydroxylation sites is 1. The number of fused-ring (bicyclic) bond motifs is 1. The monoisotopic (exact) mass is 564 g/mol. The maximum Gasteiger partial charge on any atom is 0.262 e. The van der Waals surface area contributed by atoms with Gasteiger partial charge in [0.05, 0.1) is 19.0 Å². The van der Waals surface area contributed by atoms with Crippen LogP contribution in [0.25, 0.3) is 0 Å². The van der Waals surface area contributed by atoms with Gasteiger partial charge in [-0.15, -0.1) is 0 Å². The first-order valence-electron chi connectivity index (χ1n) is 12.6. The number of nitrogens with zero attached hydrogens (tertiary/aromatic N) is 1. The predicted octanol–water partition coefficient (Wildman–Crippen LogP) is 3.49. The van der Waals surface area contributed by atoms with Crippen LogP contribution in [0.1, 0.15) is 29.8 Å². The van der Waals surface area contributed by atoms with E-state index in [-0.39, 0.29) is 30.8 Å². The Bertz CT molecular complexity index is 1460. The Kier molecular flexibility index (Phi) is 9.35. The van der Waals surface area contributed by atoms with Gasteiger partial charge in [-0.25, -0.2) is 9.82 Å². The number of hydrogen-bond donors (Lipinski definition) is 3. The molecule has 3 aromatic carbocycles. The lowest BCUT2D eigenvalue weighted by Crippen LogP contribution is -2.48. The number of halogens is 1. The average molecular weight is 565 g/mol. The van der Waals surface area contributed by atoms with E-state index in [0.717, 1.165) is 0 Å². The summed E-state index contributed by atoms with van der Waals surface area (Å²) in [5.74, 6) is -0.659. The maximum absolute atomic E-state index is 13.7. The molecule has 0 radical (unpaired) electrons. The Morgan fingerprint density at radius 2 is 1.80 bits per heavy atom.